The Morgan fingerprint density at radius 3 is 2.67 bits per heavy atom. The fourth-order valence-electron chi connectivity index (χ4n) is 1.81. The largest absolute Gasteiger partial charge is 0.310 e. The average molecular weight is 331 g/mol. The van der Waals surface area contributed by atoms with E-state index in [0.29, 0.717) is 24.0 Å². The zero-order chi connectivity index (χ0) is 15.7. The van der Waals surface area contributed by atoms with Crippen molar-refractivity contribution in [3.8, 4) is 0 Å². The summed E-state index contributed by atoms with van der Waals surface area (Å²) in [5.74, 6) is 1.07. The fourth-order valence-corrected chi connectivity index (χ4v) is 3.44. The second-order valence-electron chi connectivity index (χ2n) is 5.28. The van der Waals surface area contributed by atoms with Crippen molar-refractivity contribution < 1.29 is 8.42 Å². The third kappa shape index (κ3) is 7.31. The first-order chi connectivity index (χ1) is 9.95. The Labute approximate surface area is 133 Å². The molecule has 0 aliphatic heterocycles. The van der Waals surface area contributed by atoms with Gasteiger partial charge in [-0.2, -0.15) is 11.8 Å². The molecule has 1 aromatic carbocycles. The molecular formula is C15H26N2O2S2. The van der Waals surface area contributed by atoms with Gasteiger partial charge in [0.15, 0.2) is 0 Å². The summed E-state index contributed by atoms with van der Waals surface area (Å²) >= 11 is 1.78. The first-order valence-corrected chi connectivity index (χ1v) is 10.1. The van der Waals surface area contributed by atoms with Gasteiger partial charge in [-0.1, -0.05) is 26.0 Å². The Hall–Kier alpha value is -0.560. The van der Waals surface area contributed by atoms with Crippen molar-refractivity contribution in [2.75, 3.05) is 18.6 Å². The minimum absolute atomic E-state index is 0.343. The highest BCUT2D eigenvalue weighted by molar-refractivity contribution is 7.98. The first kappa shape index (κ1) is 18.5. The van der Waals surface area contributed by atoms with Crippen LogP contribution in [-0.2, 0) is 16.6 Å². The van der Waals surface area contributed by atoms with E-state index >= 15 is 0 Å². The molecule has 0 aliphatic carbocycles. The molecule has 0 aliphatic rings. The lowest BCUT2D eigenvalue weighted by molar-refractivity contribution is 0.576. The molecule has 2 N–H and O–H groups in total. The summed E-state index contributed by atoms with van der Waals surface area (Å²) in [6.07, 6.45) is 3.96. The molecule has 0 spiro atoms. The van der Waals surface area contributed by atoms with Crippen molar-refractivity contribution in [2.45, 2.75) is 44.2 Å². The Balaban J connectivity index is 2.59. The average Bonchev–Trinajstić information content (AvgIpc) is 2.45. The van der Waals surface area contributed by atoms with Crippen LogP contribution in [-0.4, -0.2) is 33.0 Å². The van der Waals surface area contributed by atoms with Crippen LogP contribution < -0.4 is 10.0 Å². The molecule has 4 nitrogen and oxygen atoms in total. The highest BCUT2D eigenvalue weighted by Crippen LogP contribution is 2.12. The number of unbranched alkanes of at least 4 members (excludes halogenated alkanes) is 1. The van der Waals surface area contributed by atoms with Crippen LogP contribution in [0.2, 0.25) is 0 Å². The lowest BCUT2D eigenvalue weighted by Gasteiger charge is -2.10. The van der Waals surface area contributed by atoms with E-state index in [1.807, 2.05) is 6.07 Å². The SMILES string of the molecule is CSCCCCNS(=O)(=O)c1cccc(CNC(C)C)c1. The van der Waals surface area contributed by atoms with E-state index in [4.69, 9.17) is 0 Å². The summed E-state index contributed by atoms with van der Waals surface area (Å²) < 4.78 is 27.1. The van der Waals surface area contributed by atoms with Gasteiger partial charge in [0.2, 0.25) is 10.0 Å². The van der Waals surface area contributed by atoms with Crippen molar-refractivity contribution in [1.82, 2.24) is 10.0 Å². The first-order valence-electron chi connectivity index (χ1n) is 7.26. The third-order valence-electron chi connectivity index (χ3n) is 2.99. The van der Waals surface area contributed by atoms with Crippen molar-refractivity contribution in [2.24, 2.45) is 0 Å². The molecule has 0 bridgehead atoms. The van der Waals surface area contributed by atoms with E-state index in [0.717, 1.165) is 24.2 Å². The highest BCUT2D eigenvalue weighted by atomic mass is 32.2. The van der Waals surface area contributed by atoms with Crippen LogP contribution in [0.5, 0.6) is 0 Å². The van der Waals surface area contributed by atoms with Crippen molar-refractivity contribution in [1.29, 1.82) is 0 Å². The van der Waals surface area contributed by atoms with E-state index in [1.165, 1.54) is 0 Å². The maximum absolute atomic E-state index is 12.2. The van der Waals surface area contributed by atoms with Gasteiger partial charge in [0.25, 0.3) is 0 Å². The lowest BCUT2D eigenvalue weighted by Crippen LogP contribution is -2.25. The van der Waals surface area contributed by atoms with Gasteiger partial charge in [-0.25, -0.2) is 13.1 Å². The van der Waals surface area contributed by atoms with E-state index < -0.39 is 10.0 Å². The number of nitrogens with one attached hydrogen (secondary N) is 2. The smallest absolute Gasteiger partial charge is 0.240 e. The van der Waals surface area contributed by atoms with Crippen LogP contribution in [0.1, 0.15) is 32.3 Å². The molecule has 0 heterocycles. The van der Waals surface area contributed by atoms with Crippen molar-refractivity contribution in [3.63, 3.8) is 0 Å². The molecule has 0 saturated carbocycles. The molecule has 0 aromatic heterocycles. The number of benzene rings is 1. The molecular weight excluding hydrogens is 304 g/mol. The molecule has 0 amide bonds. The molecule has 120 valence electrons. The summed E-state index contributed by atoms with van der Waals surface area (Å²) in [7, 11) is -3.39. The predicted molar refractivity (Wildman–Crippen MR) is 91.2 cm³/mol. The minimum Gasteiger partial charge on any atom is -0.310 e. The molecule has 0 atom stereocenters. The van der Waals surface area contributed by atoms with Crippen LogP contribution >= 0.6 is 11.8 Å². The van der Waals surface area contributed by atoms with E-state index in [-0.39, 0.29) is 0 Å². The molecule has 6 heteroatoms. The Bertz CT molecular complexity index is 516. The summed E-state index contributed by atoms with van der Waals surface area (Å²) in [4.78, 5) is 0.343. The second kappa shape index (κ2) is 9.46. The van der Waals surface area contributed by atoms with E-state index in [1.54, 1.807) is 30.0 Å². The van der Waals surface area contributed by atoms with Crippen molar-refractivity contribution >= 4 is 21.8 Å². The Morgan fingerprint density at radius 1 is 1.24 bits per heavy atom. The summed E-state index contributed by atoms with van der Waals surface area (Å²) in [5, 5.41) is 3.29. The second-order valence-corrected chi connectivity index (χ2v) is 8.03. The monoisotopic (exact) mass is 330 g/mol. The van der Waals surface area contributed by atoms with Gasteiger partial charge in [0.1, 0.15) is 0 Å². The van der Waals surface area contributed by atoms with Crippen LogP contribution in [0.25, 0.3) is 0 Å². The number of hydrogen-bond donors (Lipinski definition) is 2. The summed E-state index contributed by atoms with van der Waals surface area (Å²) in [5.41, 5.74) is 0.981. The molecule has 0 radical (unpaired) electrons. The van der Waals surface area contributed by atoms with Gasteiger partial charge in [-0.15, -0.1) is 0 Å². The van der Waals surface area contributed by atoms with Gasteiger partial charge in [0.05, 0.1) is 4.90 Å². The number of hydrogen-bond acceptors (Lipinski definition) is 4. The molecule has 1 rings (SSSR count). The zero-order valence-corrected chi connectivity index (χ0v) is 14.7. The van der Waals surface area contributed by atoms with Crippen molar-refractivity contribution in [3.05, 3.63) is 29.8 Å². The molecule has 0 unspecified atom stereocenters. The van der Waals surface area contributed by atoms with Gasteiger partial charge in [0, 0.05) is 19.1 Å². The number of thioether (sulfide) groups is 1. The zero-order valence-electron chi connectivity index (χ0n) is 13.1. The van der Waals surface area contributed by atoms with Gasteiger partial charge in [-0.05, 0) is 42.5 Å². The molecule has 21 heavy (non-hydrogen) atoms. The van der Waals surface area contributed by atoms with Gasteiger partial charge in [-0.3, -0.25) is 0 Å². The highest BCUT2D eigenvalue weighted by Gasteiger charge is 2.13. The van der Waals surface area contributed by atoms with E-state index in [2.05, 4.69) is 30.1 Å². The quantitative estimate of drug-likeness (QED) is 0.648. The van der Waals surface area contributed by atoms with Crippen LogP contribution in [0.15, 0.2) is 29.2 Å². The predicted octanol–water partition coefficient (Wildman–Crippen LogP) is 2.61. The molecule has 0 fully saturated rings. The Morgan fingerprint density at radius 2 is 2.00 bits per heavy atom. The molecule has 0 saturated heterocycles. The standard InChI is InChI=1S/C15H26N2O2S2/c1-13(2)16-12-14-7-6-8-15(11-14)21(18,19)17-9-4-5-10-20-3/h6-8,11,13,16-17H,4-5,9-10,12H2,1-3H3. The summed E-state index contributed by atoms with van der Waals surface area (Å²) in [6.45, 7) is 5.31. The Kier molecular flexibility index (Phi) is 8.33. The van der Waals surface area contributed by atoms with Crippen LogP contribution in [0, 0.1) is 0 Å². The van der Waals surface area contributed by atoms with Crippen LogP contribution in [0.3, 0.4) is 0 Å². The maximum Gasteiger partial charge on any atom is 0.240 e. The lowest BCUT2D eigenvalue weighted by atomic mass is 10.2. The van der Waals surface area contributed by atoms with E-state index in [9.17, 15) is 8.42 Å². The number of sulfonamides is 1. The molecule has 1 aromatic rings. The number of rotatable bonds is 10. The topological polar surface area (TPSA) is 58.2 Å². The van der Waals surface area contributed by atoms with Gasteiger partial charge < -0.3 is 5.32 Å². The normalized spacial score (nSPS) is 12.0. The van der Waals surface area contributed by atoms with Crippen LogP contribution in [0.4, 0.5) is 0 Å². The van der Waals surface area contributed by atoms with Gasteiger partial charge >= 0.3 is 0 Å². The minimum atomic E-state index is -3.39. The third-order valence-corrected chi connectivity index (χ3v) is 5.15. The summed E-state index contributed by atoms with van der Waals surface area (Å²) in [6, 6.07) is 7.48. The fraction of sp³-hybridized carbons (Fsp3) is 0.600. The maximum atomic E-state index is 12.2.